The van der Waals surface area contributed by atoms with E-state index in [4.69, 9.17) is 15.2 Å². The smallest absolute Gasteiger partial charge is 0.121 e. The van der Waals surface area contributed by atoms with Crippen molar-refractivity contribution in [1.82, 2.24) is 0 Å². The molecule has 0 saturated heterocycles. The Morgan fingerprint density at radius 2 is 2.16 bits per heavy atom. The molecule has 0 heterocycles. The topological polar surface area (TPSA) is 56.5 Å². The average molecular weight is 264 g/mol. The van der Waals surface area contributed by atoms with Crippen molar-refractivity contribution in [2.24, 2.45) is 5.41 Å². The van der Waals surface area contributed by atoms with Crippen LogP contribution in [0.25, 0.3) is 0 Å². The molecule has 3 N–H and O–H groups in total. The summed E-state index contributed by atoms with van der Waals surface area (Å²) in [5.74, 6) is 0.781. The highest BCUT2D eigenvalue weighted by Gasteiger charge is 2.48. The van der Waals surface area contributed by atoms with Crippen LogP contribution in [-0.4, -0.2) is 25.9 Å². The number of anilines is 2. The van der Waals surface area contributed by atoms with E-state index >= 15 is 0 Å². The highest BCUT2D eigenvalue weighted by Crippen LogP contribution is 2.45. The van der Waals surface area contributed by atoms with Crippen LogP contribution < -0.4 is 15.8 Å². The minimum Gasteiger partial charge on any atom is -0.497 e. The summed E-state index contributed by atoms with van der Waals surface area (Å²) in [4.78, 5) is 0. The summed E-state index contributed by atoms with van der Waals surface area (Å²) in [6, 6.07) is 6.12. The van der Waals surface area contributed by atoms with E-state index in [0.717, 1.165) is 30.2 Å². The molecular formula is C15H24N2O2. The summed E-state index contributed by atoms with van der Waals surface area (Å²) in [6.07, 6.45) is 1.35. The zero-order valence-corrected chi connectivity index (χ0v) is 12.2. The van der Waals surface area contributed by atoms with Gasteiger partial charge >= 0.3 is 0 Å². The second-order valence-electron chi connectivity index (χ2n) is 5.65. The molecule has 1 aliphatic carbocycles. The SMILES string of the molecule is CCOC1CC(Nc2ccc(OC)cc2N)C1(C)C. The van der Waals surface area contributed by atoms with E-state index in [1.807, 2.05) is 25.1 Å². The maximum Gasteiger partial charge on any atom is 0.121 e. The fourth-order valence-electron chi connectivity index (χ4n) is 2.60. The number of nitrogen functional groups attached to an aromatic ring is 1. The molecule has 0 spiro atoms. The lowest BCUT2D eigenvalue weighted by Gasteiger charge is -2.52. The van der Waals surface area contributed by atoms with E-state index in [-0.39, 0.29) is 5.41 Å². The van der Waals surface area contributed by atoms with Gasteiger partial charge in [0.05, 0.1) is 24.6 Å². The molecule has 1 aromatic carbocycles. The minimum atomic E-state index is 0.127. The predicted molar refractivity (Wildman–Crippen MR) is 78.6 cm³/mol. The molecule has 4 nitrogen and oxygen atoms in total. The Balaban J connectivity index is 2.03. The van der Waals surface area contributed by atoms with Crippen molar-refractivity contribution in [3.63, 3.8) is 0 Å². The van der Waals surface area contributed by atoms with Crippen LogP contribution in [0.4, 0.5) is 11.4 Å². The van der Waals surface area contributed by atoms with Gasteiger partial charge in [0.2, 0.25) is 0 Å². The molecular weight excluding hydrogens is 240 g/mol. The van der Waals surface area contributed by atoms with Crippen molar-refractivity contribution in [3.05, 3.63) is 18.2 Å². The van der Waals surface area contributed by atoms with Crippen LogP contribution in [0.5, 0.6) is 5.75 Å². The van der Waals surface area contributed by atoms with E-state index in [2.05, 4.69) is 19.2 Å². The van der Waals surface area contributed by atoms with Gasteiger partial charge in [0, 0.05) is 24.1 Å². The summed E-state index contributed by atoms with van der Waals surface area (Å²) in [5, 5.41) is 3.52. The molecule has 1 aliphatic rings. The van der Waals surface area contributed by atoms with Gasteiger partial charge < -0.3 is 20.5 Å². The molecule has 2 atom stereocenters. The first kappa shape index (κ1) is 14.0. The normalized spacial score (nSPS) is 24.6. The molecule has 0 aliphatic heterocycles. The minimum absolute atomic E-state index is 0.127. The molecule has 0 aromatic heterocycles. The summed E-state index contributed by atoms with van der Waals surface area (Å²) >= 11 is 0. The van der Waals surface area contributed by atoms with Gasteiger partial charge in [-0.1, -0.05) is 13.8 Å². The molecule has 106 valence electrons. The van der Waals surface area contributed by atoms with Gasteiger partial charge in [-0.25, -0.2) is 0 Å². The third-order valence-corrected chi connectivity index (χ3v) is 4.13. The molecule has 1 fully saturated rings. The average Bonchev–Trinajstić information content (AvgIpc) is 2.39. The van der Waals surface area contributed by atoms with E-state index in [1.54, 1.807) is 7.11 Å². The fraction of sp³-hybridized carbons (Fsp3) is 0.600. The predicted octanol–water partition coefficient (Wildman–Crippen LogP) is 2.89. The largest absolute Gasteiger partial charge is 0.497 e. The summed E-state index contributed by atoms with van der Waals surface area (Å²) in [5.41, 5.74) is 7.84. The van der Waals surface area contributed by atoms with Crippen molar-refractivity contribution in [3.8, 4) is 5.75 Å². The molecule has 0 radical (unpaired) electrons. The third-order valence-electron chi connectivity index (χ3n) is 4.13. The van der Waals surface area contributed by atoms with E-state index in [9.17, 15) is 0 Å². The first-order chi connectivity index (χ1) is 8.98. The molecule has 4 heteroatoms. The Labute approximate surface area is 115 Å². The zero-order valence-electron chi connectivity index (χ0n) is 12.2. The Morgan fingerprint density at radius 1 is 1.42 bits per heavy atom. The number of hydrogen-bond acceptors (Lipinski definition) is 4. The van der Waals surface area contributed by atoms with Gasteiger partial charge in [0.25, 0.3) is 0 Å². The van der Waals surface area contributed by atoms with Crippen LogP contribution in [0.3, 0.4) is 0 Å². The van der Waals surface area contributed by atoms with E-state index in [1.165, 1.54) is 0 Å². The highest BCUT2D eigenvalue weighted by molar-refractivity contribution is 5.68. The van der Waals surface area contributed by atoms with Crippen LogP contribution in [0.1, 0.15) is 27.2 Å². The summed E-state index contributed by atoms with van der Waals surface area (Å²) < 4.78 is 10.9. The van der Waals surface area contributed by atoms with Crippen molar-refractivity contribution in [1.29, 1.82) is 0 Å². The number of ether oxygens (including phenoxy) is 2. The number of benzene rings is 1. The van der Waals surface area contributed by atoms with Crippen molar-refractivity contribution < 1.29 is 9.47 Å². The van der Waals surface area contributed by atoms with Crippen LogP contribution in [-0.2, 0) is 4.74 Å². The quantitative estimate of drug-likeness (QED) is 0.803. The lowest BCUT2D eigenvalue weighted by Crippen LogP contribution is -2.58. The van der Waals surface area contributed by atoms with Gasteiger partial charge in [0.15, 0.2) is 0 Å². The molecule has 2 rings (SSSR count). The van der Waals surface area contributed by atoms with Crippen molar-refractivity contribution in [2.75, 3.05) is 24.8 Å². The van der Waals surface area contributed by atoms with Crippen molar-refractivity contribution in [2.45, 2.75) is 39.3 Å². The summed E-state index contributed by atoms with van der Waals surface area (Å²) in [6.45, 7) is 7.27. The number of rotatable bonds is 5. The summed E-state index contributed by atoms with van der Waals surface area (Å²) in [7, 11) is 1.64. The van der Waals surface area contributed by atoms with E-state index < -0.39 is 0 Å². The monoisotopic (exact) mass is 264 g/mol. The first-order valence-corrected chi connectivity index (χ1v) is 6.80. The fourth-order valence-corrected chi connectivity index (χ4v) is 2.60. The lowest BCUT2D eigenvalue weighted by atomic mass is 9.64. The molecule has 0 bridgehead atoms. The van der Waals surface area contributed by atoms with Gasteiger partial charge in [-0.3, -0.25) is 0 Å². The highest BCUT2D eigenvalue weighted by atomic mass is 16.5. The molecule has 19 heavy (non-hydrogen) atoms. The number of nitrogens with two attached hydrogens (primary N) is 1. The molecule has 1 aromatic rings. The third kappa shape index (κ3) is 2.63. The van der Waals surface area contributed by atoms with Crippen molar-refractivity contribution >= 4 is 11.4 Å². The molecule has 0 amide bonds. The number of methoxy groups -OCH3 is 1. The maximum absolute atomic E-state index is 6.03. The standard InChI is InChI=1S/C15H24N2O2/c1-5-19-14-9-13(15(14,2)3)17-12-7-6-10(18-4)8-11(12)16/h6-8,13-14,17H,5,9,16H2,1-4H3. The van der Waals surface area contributed by atoms with Crippen LogP contribution in [0.15, 0.2) is 18.2 Å². The Kier molecular flexibility index (Phi) is 3.90. The van der Waals surface area contributed by atoms with Gasteiger partial charge in [-0.15, -0.1) is 0 Å². The van der Waals surface area contributed by atoms with Crippen LogP contribution >= 0.6 is 0 Å². The van der Waals surface area contributed by atoms with Gasteiger partial charge in [-0.05, 0) is 25.5 Å². The Hall–Kier alpha value is -1.42. The molecule has 2 unspecified atom stereocenters. The maximum atomic E-state index is 6.03. The first-order valence-electron chi connectivity index (χ1n) is 6.80. The van der Waals surface area contributed by atoms with Crippen LogP contribution in [0, 0.1) is 5.41 Å². The van der Waals surface area contributed by atoms with E-state index in [0.29, 0.717) is 12.1 Å². The Morgan fingerprint density at radius 3 is 2.68 bits per heavy atom. The lowest BCUT2D eigenvalue weighted by molar-refractivity contribution is -0.0975. The number of nitrogens with one attached hydrogen (secondary N) is 1. The number of hydrogen-bond donors (Lipinski definition) is 2. The zero-order chi connectivity index (χ0) is 14.0. The molecule has 1 saturated carbocycles. The Bertz CT molecular complexity index is 446. The van der Waals surface area contributed by atoms with Crippen LogP contribution in [0.2, 0.25) is 0 Å². The second kappa shape index (κ2) is 5.29. The van der Waals surface area contributed by atoms with Gasteiger partial charge in [-0.2, -0.15) is 0 Å². The second-order valence-corrected chi connectivity index (χ2v) is 5.65. The van der Waals surface area contributed by atoms with Gasteiger partial charge in [0.1, 0.15) is 5.75 Å².